The van der Waals surface area contributed by atoms with E-state index in [0.717, 1.165) is 12.0 Å². The van der Waals surface area contributed by atoms with E-state index in [2.05, 4.69) is 61.7 Å². The van der Waals surface area contributed by atoms with Gasteiger partial charge in [-0.1, -0.05) is 65.9 Å². The maximum atomic E-state index is 12.7. The fourth-order valence-electron chi connectivity index (χ4n) is 2.62. The predicted molar refractivity (Wildman–Crippen MR) is 108 cm³/mol. The second-order valence-electron chi connectivity index (χ2n) is 5.83. The average molecular weight is 374 g/mol. The molecule has 1 aliphatic rings. The monoisotopic (exact) mass is 373 g/mol. The van der Waals surface area contributed by atoms with Crippen molar-refractivity contribution in [1.29, 1.82) is 0 Å². The van der Waals surface area contributed by atoms with E-state index in [1.54, 1.807) is 16.7 Å². The third kappa shape index (κ3) is 4.02. The molecule has 0 aliphatic carbocycles. The Balaban J connectivity index is 1.67. The van der Waals surface area contributed by atoms with Gasteiger partial charge < -0.3 is 0 Å². The summed E-state index contributed by atoms with van der Waals surface area (Å²) in [6.45, 7) is 2.62. The van der Waals surface area contributed by atoms with Crippen LogP contribution < -0.4 is 0 Å². The molecule has 0 spiro atoms. The summed E-state index contributed by atoms with van der Waals surface area (Å²) in [5.74, 6) is 0.125. The van der Waals surface area contributed by atoms with E-state index in [1.807, 2.05) is 0 Å². The lowest BCUT2D eigenvalue weighted by Gasteiger charge is -2.16. The van der Waals surface area contributed by atoms with Crippen molar-refractivity contribution in [2.24, 2.45) is 0 Å². The number of hydrogen-bond donors (Lipinski definition) is 0. The molecule has 0 N–H and O–H groups in total. The van der Waals surface area contributed by atoms with Crippen molar-refractivity contribution in [2.75, 3.05) is 6.26 Å². The minimum absolute atomic E-state index is 0.108. The van der Waals surface area contributed by atoms with Crippen LogP contribution in [0.5, 0.6) is 0 Å². The van der Waals surface area contributed by atoms with Crippen LogP contribution >= 0.6 is 35.7 Å². The lowest BCUT2D eigenvalue weighted by molar-refractivity contribution is -0.126. The standard InChI is InChI=1S/C19H19NOS3/c1-13-3-5-15(6-4-13)12-20-18(21)17(24-19(20)22)11-14-7-9-16(23-2)10-8-14/h3-10,17H,11-12H2,1-2H3/t17-/m0/s1. The fraction of sp³-hybridized carbons (Fsp3) is 0.263. The largest absolute Gasteiger partial charge is 0.292 e. The molecule has 2 aromatic carbocycles. The zero-order valence-electron chi connectivity index (χ0n) is 13.7. The van der Waals surface area contributed by atoms with Gasteiger partial charge in [-0.25, -0.2) is 0 Å². The summed E-state index contributed by atoms with van der Waals surface area (Å²) >= 11 is 8.67. The summed E-state index contributed by atoms with van der Waals surface area (Å²) < 4.78 is 0.686. The molecule has 1 atom stereocenters. The summed E-state index contributed by atoms with van der Waals surface area (Å²) in [6.07, 6.45) is 2.79. The predicted octanol–water partition coefficient (Wildman–Crippen LogP) is 4.69. The van der Waals surface area contributed by atoms with Gasteiger partial charge in [-0.2, -0.15) is 0 Å². The Kier molecular flexibility index (Phi) is 5.64. The molecule has 1 aliphatic heterocycles. The number of aryl methyl sites for hydroxylation is 1. The lowest BCUT2D eigenvalue weighted by Crippen LogP contribution is -2.31. The van der Waals surface area contributed by atoms with E-state index in [0.29, 0.717) is 10.9 Å². The highest BCUT2D eigenvalue weighted by molar-refractivity contribution is 8.24. The second kappa shape index (κ2) is 7.72. The molecule has 2 nitrogen and oxygen atoms in total. The molecule has 0 saturated carbocycles. The van der Waals surface area contributed by atoms with Gasteiger partial charge in [-0.3, -0.25) is 9.69 Å². The Hall–Kier alpha value is -1.30. The minimum atomic E-state index is -0.108. The highest BCUT2D eigenvalue weighted by atomic mass is 32.2. The van der Waals surface area contributed by atoms with Crippen LogP contribution in [0.3, 0.4) is 0 Å². The molecule has 5 heteroatoms. The molecule has 3 rings (SSSR count). The minimum Gasteiger partial charge on any atom is -0.292 e. The van der Waals surface area contributed by atoms with E-state index >= 15 is 0 Å². The number of carbonyl (C=O) groups is 1. The maximum Gasteiger partial charge on any atom is 0.242 e. The molecule has 1 amide bonds. The zero-order chi connectivity index (χ0) is 17.1. The van der Waals surface area contributed by atoms with Crippen molar-refractivity contribution in [1.82, 2.24) is 4.90 Å². The van der Waals surface area contributed by atoms with Crippen molar-refractivity contribution in [3.63, 3.8) is 0 Å². The molecule has 0 unspecified atom stereocenters. The SMILES string of the molecule is CSc1ccc(C[C@@H]2SC(=S)N(Cc3ccc(C)cc3)C2=O)cc1. The van der Waals surface area contributed by atoms with Crippen LogP contribution in [0.25, 0.3) is 0 Å². The number of rotatable bonds is 5. The molecule has 2 aromatic rings. The van der Waals surface area contributed by atoms with Gasteiger partial charge in [0, 0.05) is 4.90 Å². The number of hydrogen-bond acceptors (Lipinski definition) is 4. The molecule has 1 heterocycles. The molecule has 1 fully saturated rings. The highest BCUT2D eigenvalue weighted by Crippen LogP contribution is 2.31. The summed E-state index contributed by atoms with van der Waals surface area (Å²) in [4.78, 5) is 15.7. The van der Waals surface area contributed by atoms with E-state index in [1.165, 1.54) is 27.8 Å². The Morgan fingerprint density at radius 1 is 1.08 bits per heavy atom. The number of carbonyl (C=O) groups excluding carboxylic acids is 1. The third-order valence-corrected chi connectivity index (χ3v) is 6.37. The topological polar surface area (TPSA) is 20.3 Å². The van der Waals surface area contributed by atoms with E-state index < -0.39 is 0 Å². The van der Waals surface area contributed by atoms with Crippen LogP contribution in [-0.4, -0.2) is 26.6 Å². The van der Waals surface area contributed by atoms with Crippen LogP contribution in [0.15, 0.2) is 53.4 Å². The number of nitrogens with zero attached hydrogens (tertiary/aromatic N) is 1. The smallest absolute Gasteiger partial charge is 0.242 e. The van der Waals surface area contributed by atoms with Gasteiger partial charge in [0.2, 0.25) is 5.91 Å². The summed E-state index contributed by atoms with van der Waals surface area (Å²) in [6, 6.07) is 16.7. The van der Waals surface area contributed by atoms with Crippen LogP contribution in [-0.2, 0) is 17.8 Å². The first-order valence-corrected chi connectivity index (χ1v) is 10.3. The third-order valence-electron chi connectivity index (χ3n) is 4.05. The Morgan fingerprint density at radius 3 is 2.33 bits per heavy atom. The molecule has 124 valence electrons. The van der Waals surface area contributed by atoms with E-state index in [9.17, 15) is 4.79 Å². The normalized spacial score (nSPS) is 17.6. The number of amides is 1. The van der Waals surface area contributed by atoms with Gasteiger partial charge in [0.05, 0.1) is 11.8 Å². The molecule has 24 heavy (non-hydrogen) atoms. The zero-order valence-corrected chi connectivity index (χ0v) is 16.1. The first-order chi connectivity index (χ1) is 11.6. The fourth-order valence-corrected chi connectivity index (χ4v) is 4.56. The van der Waals surface area contributed by atoms with Crippen molar-refractivity contribution in [3.05, 3.63) is 65.2 Å². The van der Waals surface area contributed by atoms with Crippen LogP contribution in [0.4, 0.5) is 0 Å². The van der Waals surface area contributed by atoms with Crippen LogP contribution in [0, 0.1) is 6.92 Å². The molecular weight excluding hydrogens is 354 g/mol. The van der Waals surface area contributed by atoms with Gasteiger partial charge >= 0.3 is 0 Å². The highest BCUT2D eigenvalue weighted by Gasteiger charge is 2.36. The van der Waals surface area contributed by atoms with E-state index in [-0.39, 0.29) is 11.2 Å². The van der Waals surface area contributed by atoms with Crippen molar-refractivity contribution < 1.29 is 4.79 Å². The Morgan fingerprint density at radius 2 is 1.71 bits per heavy atom. The lowest BCUT2D eigenvalue weighted by atomic mass is 10.1. The summed E-state index contributed by atoms with van der Waals surface area (Å²) in [7, 11) is 0. The quantitative estimate of drug-likeness (QED) is 0.559. The first-order valence-electron chi connectivity index (χ1n) is 7.77. The Bertz CT molecular complexity index is 740. The molecular formula is C19H19NOS3. The molecule has 0 aromatic heterocycles. The summed E-state index contributed by atoms with van der Waals surface area (Å²) in [5, 5.41) is -0.108. The molecule has 0 bridgehead atoms. The van der Waals surface area contributed by atoms with Gasteiger partial charge in [0.25, 0.3) is 0 Å². The van der Waals surface area contributed by atoms with Crippen LogP contribution in [0.1, 0.15) is 16.7 Å². The molecule has 1 saturated heterocycles. The maximum absolute atomic E-state index is 12.7. The van der Waals surface area contributed by atoms with Crippen molar-refractivity contribution >= 4 is 46.0 Å². The number of thiocarbonyl (C=S) groups is 1. The second-order valence-corrected chi connectivity index (χ2v) is 8.55. The molecule has 0 radical (unpaired) electrons. The van der Waals surface area contributed by atoms with E-state index in [4.69, 9.17) is 12.2 Å². The van der Waals surface area contributed by atoms with Gasteiger partial charge in [0.15, 0.2) is 0 Å². The number of thioether (sulfide) groups is 2. The van der Waals surface area contributed by atoms with Gasteiger partial charge in [0.1, 0.15) is 4.32 Å². The average Bonchev–Trinajstić information content (AvgIpc) is 2.85. The van der Waals surface area contributed by atoms with Gasteiger partial charge in [-0.15, -0.1) is 11.8 Å². The van der Waals surface area contributed by atoms with Crippen molar-refractivity contribution in [2.45, 2.75) is 30.0 Å². The van der Waals surface area contributed by atoms with Crippen LogP contribution in [0.2, 0.25) is 0 Å². The van der Waals surface area contributed by atoms with Gasteiger partial charge in [-0.05, 0) is 42.9 Å². The first kappa shape index (κ1) is 17.5. The number of benzene rings is 2. The summed E-state index contributed by atoms with van der Waals surface area (Å²) in [5.41, 5.74) is 3.51. The Labute approximate surface area is 157 Å². The van der Waals surface area contributed by atoms with Crippen molar-refractivity contribution in [3.8, 4) is 0 Å².